The van der Waals surface area contributed by atoms with E-state index in [-0.39, 0.29) is 18.1 Å². The van der Waals surface area contributed by atoms with E-state index in [1.165, 1.54) is 28.7 Å². The molecular formula is C15H23NO. The number of rotatable bonds is 3. The van der Waals surface area contributed by atoms with E-state index in [1.807, 2.05) is 0 Å². The molecule has 1 aliphatic carbocycles. The predicted octanol–water partition coefficient (Wildman–Crippen LogP) is 2.77. The van der Waals surface area contributed by atoms with Gasteiger partial charge in [-0.3, -0.25) is 0 Å². The van der Waals surface area contributed by atoms with Crippen molar-refractivity contribution in [2.45, 2.75) is 46.1 Å². The van der Waals surface area contributed by atoms with Crippen molar-refractivity contribution >= 4 is 0 Å². The lowest BCUT2D eigenvalue weighted by atomic mass is 9.62. The zero-order chi connectivity index (χ0) is 12.6. The summed E-state index contributed by atoms with van der Waals surface area (Å²) in [5.41, 5.74) is 11.5. The molecule has 0 aromatic heterocycles. The third kappa shape index (κ3) is 1.90. The van der Waals surface area contributed by atoms with Crippen LogP contribution in [0.15, 0.2) is 12.1 Å². The molecule has 2 rings (SSSR count). The molecule has 0 radical (unpaired) electrons. The van der Waals surface area contributed by atoms with Gasteiger partial charge in [-0.1, -0.05) is 18.6 Å². The summed E-state index contributed by atoms with van der Waals surface area (Å²) in [6, 6.07) is 4.25. The first-order valence-corrected chi connectivity index (χ1v) is 6.45. The van der Waals surface area contributed by atoms with Crippen molar-refractivity contribution in [3.05, 3.63) is 34.4 Å². The zero-order valence-corrected chi connectivity index (χ0v) is 11.1. The van der Waals surface area contributed by atoms with Crippen LogP contribution in [0, 0.1) is 26.2 Å². The second-order valence-electron chi connectivity index (χ2n) is 5.57. The molecule has 1 fully saturated rings. The van der Waals surface area contributed by atoms with Crippen molar-refractivity contribution in [2.75, 3.05) is 6.61 Å². The number of hydrogen-bond acceptors (Lipinski definition) is 2. The Balaban J connectivity index is 2.37. The molecular weight excluding hydrogens is 210 g/mol. The van der Waals surface area contributed by atoms with Crippen LogP contribution in [0.3, 0.4) is 0 Å². The molecule has 0 amide bonds. The van der Waals surface area contributed by atoms with Gasteiger partial charge in [-0.2, -0.15) is 0 Å². The molecule has 0 heterocycles. The minimum Gasteiger partial charge on any atom is -0.396 e. The van der Waals surface area contributed by atoms with Crippen LogP contribution in [0.1, 0.15) is 47.6 Å². The molecule has 1 aromatic carbocycles. The van der Waals surface area contributed by atoms with Crippen LogP contribution < -0.4 is 5.73 Å². The Kier molecular flexibility index (Phi) is 3.28. The molecule has 0 bridgehead atoms. The maximum atomic E-state index is 9.60. The Hall–Kier alpha value is -0.860. The molecule has 2 heteroatoms. The average Bonchev–Trinajstić information content (AvgIpc) is 2.25. The van der Waals surface area contributed by atoms with Crippen LogP contribution in [0.25, 0.3) is 0 Å². The number of aliphatic hydroxyl groups excluding tert-OH is 1. The van der Waals surface area contributed by atoms with Crippen LogP contribution in [0.2, 0.25) is 0 Å². The van der Waals surface area contributed by atoms with E-state index in [0.717, 1.165) is 12.8 Å². The first-order valence-electron chi connectivity index (χ1n) is 6.45. The molecule has 3 N–H and O–H groups in total. The fraction of sp³-hybridized carbons (Fsp3) is 0.600. The highest BCUT2D eigenvalue weighted by atomic mass is 16.3. The third-order valence-electron chi connectivity index (χ3n) is 4.76. The maximum Gasteiger partial charge on any atom is 0.0505 e. The summed E-state index contributed by atoms with van der Waals surface area (Å²) in [7, 11) is 0. The van der Waals surface area contributed by atoms with Gasteiger partial charge in [0.15, 0.2) is 0 Å². The Morgan fingerprint density at radius 1 is 1.24 bits per heavy atom. The predicted molar refractivity (Wildman–Crippen MR) is 71.0 cm³/mol. The summed E-state index contributed by atoms with van der Waals surface area (Å²) in [6.45, 7) is 6.62. The van der Waals surface area contributed by atoms with E-state index in [1.54, 1.807) is 0 Å². The van der Waals surface area contributed by atoms with E-state index in [0.29, 0.717) is 0 Å². The smallest absolute Gasteiger partial charge is 0.0505 e. The number of benzene rings is 1. The molecule has 1 unspecified atom stereocenters. The molecule has 0 aliphatic heterocycles. The van der Waals surface area contributed by atoms with Gasteiger partial charge in [0.2, 0.25) is 0 Å². The van der Waals surface area contributed by atoms with E-state index in [2.05, 4.69) is 32.9 Å². The van der Waals surface area contributed by atoms with E-state index in [4.69, 9.17) is 5.73 Å². The number of aliphatic hydroxyl groups is 1. The van der Waals surface area contributed by atoms with Crippen LogP contribution in [-0.2, 0) is 0 Å². The highest BCUT2D eigenvalue weighted by molar-refractivity contribution is 5.41. The van der Waals surface area contributed by atoms with E-state index < -0.39 is 0 Å². The van der Waals surface area contributed by atoms with Crippen molar-refractivity contribution in [3.8, 4) is 0 Å². The summed E-state index contributed by atoms with van der Waals surface area (Å²) < 4.78 is 0. The summed E-state index contributed by atoms with van der Waals surface area (Å²) in [4.78, 5) is 0. The average molecular weight is 233 g/mol. The molecule has 1 saturated carbocycles. The lowest BCUT2D eigenvalue weighted by molar-refractivity contribution is 0.0182. The van der Waals surface area contributed by atoms with Gasteiger partial charge in [-0.25, -0.2) is 0 Å². The second kappa shape index (κ2) is 4.43. The van der Waals surface area contributed by atoms with Gasteiger partial charge in [0, 0.05) is 11.5 Å². The minimum absolute atomic E-state index is 0.0273. The fourth-order valence-electron chi connectivity index (χ4n) is 2.84. The van der Waals surface area contributed by atoms with Crippen molar-refractivity contribution in [1.82, 2.24) is 0 Å². The zero-order valence-electron chi connectivity index (χ0n) is 11.1. The highest BCUT2D eigenvalue weighted by Gasteiger charge is 2.42. The minimum atomic E-state index is -0.0630. The first-order chi connectivity index (χ1) is 8.02. The van der Waals surface area contributed by atoms with Crippen LogP contribution in [-0.4, -0.2) is 11.7 Å². The molecule has 94 valence electrons. The molecule has 0 saturated heterocycles. The SMILES string of the molecule is Cc1ccc(C(N)C2(CO)CCC2)c(C)c1C. The number of hydrogen-bond donors (Lipinski definition) is 2. The van der Waals surface area contributed by atoms with Gasteiger partial charge in [0.05, 0.1) is 6.61 Å². The molecule has 2 nitrogen and oxygen atoms in total. The maximum absolute atomic E-state index is 9.60. The topological polar surface area (TPSA) is 46.2 Å². The number of aryl methyl sites for hydroxylation is 1. The summed E-state index contributed by atoms with van der Waals surface area (Å²) >= 11 is 0. The first kappa shape index (κ1) is 12.6. The van der Waals surface area contributed by atoms with Crippen LogP contribution in [0.4, 0.5) is 0 Å². The number of nitrogens with two attached hydrogens (primary N) is 1. The summed E-state index contributed by atoms with van der Waals surface area (Å²) in [5.74, 6) is 0. The summed E-state index contributed by atoms with van der Waals surface area (Å²) in [6.07, 6.45) is 3.30. The molecule has 17 heavy (non-hydrogen) atoms. The largest absolute Gasteiger partial charge is 0.396 e. The Morgan fingerprint density at radius 2 is 1.88 bits per heavy atom. The Labute approximate surface area is 104 Å². The van der Waals surface area contributed by atoms with Crippen molar-refractivity contribution in [2.24, 2.45) is 11.1 Å². The van der Waals surface area contributed by atoms with E-state index >= 15 is 0 Å². The highest BCUT2D eigenvalue weighted by Crippen LogP contribution is 2.49. The lowest BCUT2D eigenvalue weighted by Gasteiger charge is -2.45. The van der Waals surface area contributed by atoms with Crippen LogP contribution in [0.5, 0.6) is 0 Å². The van der Waals surface area contributed by atoms with Gasteiger partial charge < -0.3 is 10.8 Å². The molecule has 0 spiro atoms. The van der Waals surface area contributed by atoms with Crippen LogP contribution >= 0.6 is 0 Å². The lowest BCUT2D eigenvalue weighted by Crippen LogP contribution is -2.43. The van der Waals surface area contributed by atoms with Gasteiger partial charge in [0.1, 0.15) is 0 Å². The summed E-state index contributed by atoms with van der Waals surface area (Å²) in [5, 5.41) is 9.60. The monoisotopic (exact) mass is 233 g/mol. The van der Waals surface area contributed by atoms with Crippen molar-refractivity contribution in [3.63, 3.8) is 0 Å². The standard InChI is InChI=1S/C15H23NO/c1-10-5-6-13(12(3)11(10)2)14(16)15(9-17)7-4-8-15/h5-6,14,17H,4,7-9,16H2,1-3H3. The van der Waals surface area contributed by atoms with Gasteiger partial charge >= 0.3 is 0 Å². The van der Waals surface area contributed by atoms with Crippen molar-refractivity contribution in [1.29, 1.82) is 0 Å². The van der Waals surface area contributed by atoms with Crippen molar-refractivity contribution < 1.29 is 5.11 Å². The Morgan fingerprint density at radius 3 is 2.35 bits per heavy atom. The molecule has 1 aliphatic rings. The molecule has 1 atom stereocenters. The van der Waals surface area contributed by atoms with E-state index in [9.17, 15) is 5.11 Å². The van der Waals surface area contributed by atoms with Gasteiger partial charge in [0.25, 0.3) is 0 Å². The fourth-order valence-corrected chi connectivity index (χ4v) is 2.84. The normalized spacial score (nSPS) is 19.8. The third-order valence-corrected chi connectivity index (χ3v) is 4.76. The van der Waals surface area contributed by atoms with Gasteiger partial charge in [-0.05, 0) is 55.9 Å². The Bertz CT molecular complexity index is 416. The quantitative estimate of drug-likeness (QED) is 0.843. The second-order valence-corrected chi connectivity index (χ2v) is 5.57. The molecule has 1 aromatic rings. The van der Waals surface area contributed by atoms with Gasteiger partial charge in [-0.15, -0.1) is 0 Å².